The topological polar surface area (TPSA) is 112 Å². The number of aromatic carboxylic acids is 1. The number of esters is 1. The van der Waals surface area contributed by atoms with Gasteiger partial charge in [0.05, 0.1) is 40.0 Å². The molecule has 1 aliphatic rings. The number of phenols is 1. The van der Waals surface area contributed by atoms with Gasteiger partial charge in [0.2, 0.25) is 0 Å². The fourth-order valence-corrected chi connectivity index (χ4v) is 4.85. The molecule has 0 saturated heterocycles. The number of aryl methyl sites for hydroxylation is 1. The smallest absolute Gasteiger partial charge is 0.339 e. The van der Waals surface area contributed by atoms with Crippen LogP contribution in [0.2, 0.25) is 0 Å². The fourth-order valence-electron chi connectivity index (χ4n) is 4.85. The minimum absolute atomic E-state index is 0.0408. The molecule has 0 amide bonds. The maximum absolute atomic E-state index is 12.3. The summed E-state index contributed by atoms with van der Waals surface area (Å²) in [4.78, 5) is 23.4. The molecule has 0 aromatic heterocycles. The van der Waals surface area contributed by atoms with Gasteiger partial charge in [-0.05, 0) is 57.1 Å². The maximum atomic E-state index is 12.3. The normalized spacial score (nSPS) is 17.1. The van der Waals surface area contributed by atoms with Crippen molar-refractivity contribution in [3.05, 3.63) is 46.6 Å². The molecular formula is C30H44O8. The molecule has 0 spiro atoms. The van der Waals surface area contributed by atoms with Crippen molar-refractivity contribution in [2.24, 2.45) is 5.92 Å². The van der Waals surface area contributed by atoms with E-state index in [1.807, 2.05) is 6.92 Å². The molecule has 8 nitrogen and oxygen atoms in total. The maximum Gasteiger partial charge on any atom is 0.339 e. The Bertz CT molecular complexity index is 981. The molecule has 2 atom stereocenters. The molecule has 38 heavy (non-hydrogen) atoms. The number of benzene rings is 1. The van der Waals surface area contributed by atoms with Gasteiger partial charge in [0, 0.05) is 11.5 Å². The van der Waals surface area contributed by atoms with E-state index in [0.29, 0.717) is 36.5 Å². The van der Waals surface area contributed by atoms with Crippen molar-refractivity contribution in [3.63, 3.8) is 0 Å². The second-order valence-corrected chi connectivity index (χ2v) is 9.86. The van der Waals surface area contributed by atoms with Crippen LogP contribution in [0.3, 0.4) is 0 Å². The largest absolute Gasteiger partial charge is 0.507 e. The molecule has 0 saturated carbocycles. The molecule has 2 rings (SSSR count). The second kappa shape index (κ2) is 16.2. The lowest BCUT2D eigenvalue weighted by molar-refractivity contribution is -0.141. The highest BCUT2D eigenvalue weighted by molar-refractivity contribution is 5.94. The van der Waals surface area contributed by atoms with Crippen molar-refractivity contribution < 1.29 is 38.7 Å². The van der Waals surface area contributed by atoms with E-state index in [1.165, 1.54) is 12.7 Å². The summed E-state index contributed by atoms with van der Waals surface area (Å²) in [7, 11) is 1.34. The molecule has 1 aliphatic carbocycles. The van der Waals surface area contributed by atoms with Crippen LogP contribution >= 0.6 is 0 Å². The van der Waals surface area contributed by atoms with Crippen molar-refractivity contribution in [2.45, 2.75) is 71.6 Å². The van der Waals surface area contributed by atoms with Crippen molar-refractivity contribution in [3.8, 4) is 11.5 Å². The summed E-state index contributed by atoms with van der Waals surface area (Å²) in [5, 5.41) is 21.4. The predicted molar refractivity (Wildman–Crippen MR) is 146 cm³/mol. The zero-order valence-corrected chi connectivity index (χ0v) is 23.3. The Kier molecular flexibility index (Phi) is 13.4. The van der Waals surface area contributed by atoms with Gasteiger partial charge in [-0.2, -0.15) is 0 Å². The zero-order valence-electron chi connectivity index (χ0n) is 23.3. The minimum atomic E-state index is -1.14. The van der Waals surface area contributed by atoms with Crippen LogP contribution in [0, 0.1) is 5.92 Å². The van der Waals surface area contributed by atoms with E-state index in [1.54, 1.807) is 6.07 Å². The van der Waals surface area contributed by atoms with E-state index in [-0.39, 0.29) is 55.4 Å². The fraction of sp³-hybridized carbons (Fsp3) is 0.600. The molecule has 1 aromatic carbocycles. The number of hydrogen-bond acceptors (Lipinski definition) is 7. The van der Waals surface area contributed by atoms with Crippen molar-refractivity contribution in [1.82, 2.24) is 0 Å². The van der Waals surface area contributed by atoms with E-state index in [9.17, 15) is 19.8 Å². The average molecular weight is 533 g/mol. The summed E-state index contributed by atoms with van der Waals surface area (Å²) in [5.41, 5.74) is 3.21. The SMILES string of the molecule is C=C(C)C1CCC(C)=CC1c1c(OCCOCCOCCC(=O)OC)cc(CCCCC)c(C(=O)O)c1O. The number of unbranched alkanes of at least 4 members (excludes halogenated alkanes) is 2. The number of carbonyl (C=O) groups is 2. The average Bonchev–Trinajstić information content (AvgIpc) is 2.87. The summed E-state index contributed by atoms with van der Waals surface area (Å²) in [6.45, 7) is 11.7. The summed E-state index contributed by atoms with van der Waals surface area (Å²) < 4.78 is 21.7. The molecule has 2 N–H and O–H groups in total. The van der Waals surface area contributed by atoms with Gasteiger partial charge in [-0.25, -0.2) is 4.79 Å². The quantitative estimate of drug-likeness (QED) is 0.147. The highest BCUT2D eigenvalue weighted by Crippen LogP contribution is 2.48. The second-order valence-electron chi connectivity index (χ2n) is 9.86. The Morgan fingerprint density at radius 2 is 1.79 bits per heavy atom. The number of allylic oxidation sites excluding steroid dienone is 3. The van der Waals surface area contributed by atoms with Gasteiger partial charge in [-0.15, -0.1) is 0 Å². The number of hydrogen-bond donors (Lipinski definition) is 2. The number of carboxylic acid groups (broad SMARTS) is 1. The lowest BCUT2D eigenvalue weighted by atomic mass is 9.73. The number of carboxylic acids is 1. The highest BCUT2D eigenvalue weighted by Gasteiger charge is 2.33. The number of carbonyl (C=O) groups excluding carboxylic acids is 1. The first-order chi connectivity index (χ1) is 18.2. The van der Waals surface area contributed by atoms with E-state index in [4.69, 9.17) is 14.2 Å². The van der Waals surface area contributed by atoms with Gasteiger partial charge in [-0.1, -0.05) is 43.6 Å². The van der Waals surface area contributed by atoms with Crippen LogP contribution in [-0.4, -0.2) is 62.3 Å². The standard InChI is InChI=1S/C30H44O8/c1-6-7-8-9-22-19-25(38-17-16-37-15-14-36-13-12-26(31)35-5)28(29(32)27(22)30(33)34)24-18-21(4)10-11-23(24)20(2)3/h18-19,23-24,32H,2,6-17H2,1,3-5H3,(H,33,34). The summed E-state index contributed by atoms with van der Waals surface area (Å²) in [6.07, 6.45) is 7.45. The molecule has 212 valence electrons. The zero-order chi connectivity index (χ0) is 28.1. The molecule has 0 heterocycles. The summed E-state index contributed by atoms with van der Waals surface area (Å²) in [6, 6.07) is 1.79. The Morgan fingerprint density at radius 1 is 1.11 bits per heavy atom. The van der Waals surface area contributed by atoms with Crippen LogP contribution in [0.4, 0.5) is 0 Å². The minimum Gasteiger partial charge on any atom is -0.507 e. The van der Waals surface area contributed by atoms with Crippen LogP contribution < -0.4 is 4.74 Å². The monoisotopic (exact) mass is 532 g/mol. The molecule has 0 bridgehead atoms. The third kappa shape index (κ3) is 9.17. The molecule has 0 radical (unpaired) electrons. The van der Waals surface area contributed by atoms with Crippen molar-refractivity contribution in [1.29, 1.82) is 0 Å². The first-order valence-corrected chi connectivity index (χ1v) is 13.5. The lowest BCUT2D eigenvalue weighted by Crippen LogP contribution is -2.20. The Balaban J connectivity index is 2.23. The van der Waals surface area contributed by atoms with Crippen LogP contribution in [-0.2, 0) is 25.4 Å². The molecule has 0 aliphatic heterocycles. The van der Waals surface area contributed by atoms with E-state index in [2.05, 4.69) is 31.2 Å². The van der Waals surface area contributed by atoms with E-state index < -0.39 is 5.97 Å². The first kappa shape index (κ1) is 31.4. The molecule has 2 unspecified atom stereocenters. The van der Waals surface area contributed by atoms with Gasteiger partial charge in [0.1, 0.15) is 23.7 Å². The van der Waals surface area contributed by atoms with Crippen LogP contribution in [0.25, 0.3) is 0 Å². The van der Waals surface area contributed by atoms with Crippen LogP contribution in [0.1, 0.15) is 86.7 Å². The Morgan fingerprint density at radius 3 is 2.42 bits per heavy atom. The third-order valence-corrected chi connectivity index (χ3v) is 6.90. The van der Waals surface area contributed by atoms with Gasteiger partial charge < -0.3 is 29.2 Å². The Hall–Kier alpha value is -2.84. The summed E-state index contributed by atoms with van der Waals surface area (Å²) >= 11 is 0. The number of ether oxygens (including phenoxy) is 4. The highest BCUT2D eigenvalue weighted by atomic mass is 16.5. The van der Waals surface area contributed by atoms with Gasteiger partial charge in [0.25, 0.3) is 0 Å². The lowest BCUT2D eigenvalue weighted by Gasteiger charge is -2.32. The van der Waals surface area contributed by atoms with Gasteiger partial charge in [-0.3, -0.25) is 4.79 Å². The van der Waals surface area contributed by atoms with Crippen molar-refractivity contribution in [2.75, 3.05) is 40.1 Å². The molecule has 8 heteroatoms. The van der Waals surface area contributed by atoms with Gasteiger partial charge in [0.15, 0.2) is 0 Å². The van der Waals surface area contributed by atoms with Gasteiger partial charge >= 0.3 is 11.9 Å². The molecule has 0 fully saturated rings. The van der Waals surface area contributed by atoms with Crippen LogP contribution in [0.5, 0.6) is 11.5 Å². The number of aromatic hydroxyl groups is 1. The van der Waals surface area contributed by atoms with Crippen LogP contribution in [0.15, 0.2) is 29.9 Å². The van der Waals surface area contributed by atoms with E-state index >= 15 is 0 Å². The molecule has 1 aromatic rings. The van der Waals surface area contributed by atoms with Crippen molar-refractivity contribution >= 4 is 11.9 Å². The Labute approximate surface area is 226 Å². The third-order valence-electron chi connectivity index (χ3n) is 6.90. The summed E-state index contributed by atoms with van der Waals surface area (Å²) in [5.74, 6) is -1.36. The predicted octanol–water partition coefficient (Wildman–Crippen LogP) is 5.81. The number of methoxy groups -OCH3 is 1. The first-order valence-electron chi connectivity index (χ1n) is 13.5. The van der Waals surface area contributed by atoms with E-state index in [0.717, 1.165) is 37.7 Å². The number of rotatable bonds is 17. The molecular weight excluding hydrogens is 488 g/mol.